The lowest BCUT2D eigenvalue weighted by Crippen LogP contribution is -2.54. The number of piperidine rings is 1. The molecule has 13 heteroatoms. The van der Waals surface area contributed by atoms with E-state index in [2.05, 4.69) is 15.6 Å². The van der Waals surface area contributed by atoms with Gasteiger partial charge < -0.3 is 14.5 Å². The van der Waals surface area contributed by atoms with Gasteiger partial charge in [-0.25, -0.2) is 14.2 Å². The molecule has 0 bridgehead atoms. The number of aromatic nitrogens is 2. The Bertz CT molecular complexity index is 1840. The average molecular weight is 545 g/mol. The van der Waals surface area contributed by atoms with Crippen molar-refractivity contribution < 1.29 is 32.7 Å². The van der Waals surface area contributed by atoms with E-state index in [1.165, 1.54) is 43.1 Å². The highest BCUT2D eigenvalue weighted by Gasteiger charge is 2.45. The number of imide groups is 2. The van der Waals surface area contributed by atoms with E-state index in [0.717, 1.165) is 4.90 Å². The summed E-state index contributed by atoms with van der Waals surface area (Å²) in [5, 5.41) is 5.28. The second-order valence-corrected chi connectivity index (χ2v) is 9.27. The molecule has 4 aromatic rings. The summed E-state index contributed by atoms with van der Waals surface area (Å²) in [6.07, 6.45) is 1.35. The largest absolute Gasteiger partial charge is 0.479 e. The summed E-state index contributed by atoms with van der Waals surface area (Å²) in [7, 11) is 2.78. The van der Waals surface area contributed by atoms with Gasteiger partial charge in [-0.2, -0.15) is 0 Å². The predicted molar refractivity (Wildman–Crippen MR) is 138 cm³/mol. The number of ether oxygens (including phenoxy) is 1. The summed E-state index contributed by atoms with van der Waals surface area (Å²) < 4.78 is 26.9. The Balaban J connectivity index is 1.48. The quantitative estimate of drug-likeness (QED) is 0.360. The van der Waals surface area contributed by atoms with Crippen molar-refractivity contribution in [2.24, 2.45) is 7.05 Å². The molecule has 4 heterocycles. The van der Waals surface area contributed by atoms with E-state index in [4.69, 9.17) is 9.15 Å². The van der Waals surface area contributed by atoms with Gasteiger partial charge in [-0.05, 0) is 36.8 Å². The lowest BCUT2D eigenvalue weighted by atomic mass is 10.0. The lowest BCUT2D eigenvalue weighted by Gasteiger charge is -2.27. The number of nitrogens with zero attached hydrogens (tertiary/aromatic N) is 3. The maximum atomic E-state index is 15.3. The average Bonchev–Trinajstić information content (AvgIpc) is 3.35. The smallest absolute Gasteiger partial charge is 0.419 e. The first kappa shape index (κ1) is 25.0. The highest BCUT2D eigenvalue weighted by Crippen LogP contribution is 2.39. The predicted octanol–water partition coefficient (Wildman–Crippen LogP) is 2.49. The van der Waals surface area contributed by atoms with Crippen molar-refractivity contribution in [3.8, 4) is 17.0 Å². The second kappa shape index (κ2) is 9.15. The molecule has 2 aromatic heterocycles. The minimum Gasteiger partial charge on any atom is -0.479 e. The van der Waals surface area contributed by atoms with E-state index in [0.29, 0.717) is 5.52 Å². The Kier molecular flexibility index (Phi) is 5.71. The minimum atomic E-state index is -1.14. The third kappa shape index (κ3) is 3.73. The molecule has 2 aliphatic rings. The first-order valence-electron chi connectivity index (χ1n) is 12.1. The molecule has 2 N–H and O–H groups in total. The third-order valence-corrected chi connectivity index (χ3v) is 7.01. The van der Waals surface area contributed by atoms with Crippen LogP contribution in [0.5, 0.6) is 5.88 Å². The summed E-state index contributed by atoms with van der Waals surface area (Å²) in [6.45, 7) is 0. The maximum absolute atomic E-state index is 15.3. The molecule has 0 aliphatic carbocycles. The summed E-state index contributed by atoms with van der Waals surface area (Å²) in [5.41, 5.74) is 1.48. The normalized spacial score (nSPS) is 16.9. The maximum Gasteiger partial charge on any atom is 0.419 e. The molecule has 1 atom stereocenters. The number of anilines is 2. The number of amides is 4. The molecule has 2 aliphatic heterocycles. The van der Waals surface area contributed by atoms with Gasteiger partial charge in [0.05, 0.1) is 29.4 Å². The van der Waals surface area contributed by atoms with Crippen LogP contribution >= 0.6 is 0 Å². The number of nitrogens with one attached hydrogen (secondary N) is 2. The number of oxazole rings is 1. The van der Waals surface area contributed by atoms with Gasteiger partial charge in [0.15, 0.2) is 11.4 Å². The van der Waals surface area contributed by atoms with Crippen LogP contribution in [0.3, 0.4) is 0 Å². The van der Waals surface area contributed by atoms with Crippen LogP contribution in [0.15, 0.2) is 51.8 Å². The molecule has 0 radical (unpaired) electrons. The van der Waals surface area contributed by atoms with E-state index in [9.17, 15) is 24.0 Å². The van der Waals surface area contributed by atoms with Crippen LogP contribution in [0.25, 0.3) is 22.2 Å². The first-order valence-corrected chi connectivity index (χ1v) is 12.1. The Morgan fingerprint density at radius 1 is 1.05 bits per heavy atom. The van der Waals surface area contributed by atoms with Crippen molar-refractivity contribution in [3.63, 3.8) is 0 Å². The molecule has 0 saturated carbocycles. The van der Waals surface area contributed by atoms with Crippen molar-refractivity contribution in [1.29, 1.82) is 0 Å². The van der Waals surface area contributed by atoms with Crippen LogP contribution in [0.2, 0.25) is 0 Å². The first-order chi connectivity index (χ1) is 19.2. The lowest BCUT2D eigenvalue weighted by molar-refractivity contribution is -0.136. The molecule has 202 valence electrons. The van der Waals surface area contributed by atoms with Gasteiger partial charge in [0.2, 0.25) is 11.8 Å². The number of hydrogen-bond donors (Lipinski definition) is 2. The topological polar surface area (TPSA) is 153 Å². The molecule has 0 spiro atoms. The van der Waals surface area contributed by atoms with Gasteiger partial charge in [0, 0.05) is 36.5 Å². The van der Waals surface area contributed by atoms with Crippen molar-refractivity contribution >= 4 is 46.1 Å². The molecular weight excluding hydrogens is 525 g/mol. The van der Waals surface area contributed by atoms with E-state index in [1.807, 2.05) is 0 Å². The molecular formula is C27H20FN5O7. The number of halogens is 1. The van der Waals surface area contributed by atoms with Gasteiger partial charge in [-0.1, -0.05) is 6.07 Å². The van der Waals surface area contributed by atoms with Crippen LogP contribution in [-0.2, 0) is 16.6 Å². The van der Waals surface area contributed by atoms with Crippen molar-refractivity contribution in [1.82, 2.24) is 19.8 Å². The van der Waals surface area contributed by atoms with Crippen molar-refractivity contribution in [3.05, 3.63) is 70.1 Å². The highest BCUT2D eigenvalue weighted by atomic mass is 19.1. The zero-order chi connectivity index (χ0) is 28.3. The zero-order valence-electron chi connectivity index (χ0n) is 21.1. The fraction of sp³-hybridized carbons (Fsp3) is 0.185. The fourth-order valence-corrected chi connectivity index (χ4v) is 5.04. The Morgan fingerprint density at radius 3 is 2.60 bits per heavy atom. The second-order valence-electron chi connectivity index (χ2n) is 9.27. The monoisotopic (exact) mass is 545 g/mol. The van der Waals surface area contributed by atoms with Crippen LogP contribution in [0, 0.1) is 5.82 Å². The molecule has 12 nitrogen and oxygen atoms in total. The fourth-order valence-electron chi connectivity index (χ4n) is 5.04. The molecule has 2 aromatic carbocycles. The number of benzene rings is 2. The number of carbonyl (C=O) groups is 4. The molecule has 40 heavy (non-hydrogen) atoms. The third-order valence-electron chi connectivity index (χ3n) is 7.01. The van der Waals surface area contributed by atoms with Crippen LogP contribution in [0.1, 0.15) is 33.6 Å². The molecule has 1 unspecified atom stereocenters. The number of carbonyl (C=O) groups excluding carboxylic acids is 4. The van der Waals surface area contributed by atoms with E-state index in [-0.39, 0.29) is 57.9 Å². The highest BCUT2D eigenvalue weighted by molar-refractivity contribution is 6.25. The van der Waals surface area contributed by atoms with Gasteiger partial charge in [-0.3, -0.25) is 34.0 Å². The van der Waals surface area contributed by atoms with Gasteiger partial charge in [0.25, 0.3) is 17.7 Å². The zero-order valence-corrected chi connectivity index (χ0v) is 21.1. The Labute approximate surface area is 224 Å². The van der Waals surface area contributed by atoms with Gasteiger partial charge in [-0.15, -0.1) is 0 Å². The van der Waals surface area contributed by atoms with Crippen LogP contribution in [-0.4, -0.2) is 51.2 Å². The van der Waals surface area contributed by atoms with E-state index in [1.54, 1.807) is 18.2 Å². The molecule has 1 saturated heterocycles. The van der Waals surface area contributed by atoms with Crippen LogP contribution in [0.4, 0.5) is 15.8 Å². The summed E-state index contributed by atoms with van der Waals surface area (Å²) >= 11 is 0. The number of fused-ring (bicyclic) bond motifs is 2. The Morgan fingerprint density at radius 2 is 1.85 bits per heavy atom. The summed E-state index contributed by atoms with van der Waals surface area (Å²) in [5.74, 6) is -4.23. The van der Waals surface area contributed by atoms with Gasteiger partial charge >= 0.3 is 5.76 Å². The van der Waals surface area contributed by atoms with Crippen molar-refractivity contribution in [2.75, 3.05) is 12.4 Å². The summed E-state index contributed by atoms with van der Waals surface area (Å²) in [6, 6.07) is 7.89. The number of methoxy groups -OCH3 is 1. The summed E-state index contributed by atoms with van der Waals surface area (Å²) in [4.78, 5) is 67.8. The molecule has 4 amide bonds. The van der Waals surface area contributed by atoms with Crippen LogP contribution < -0.4 is 21.1 Å². The SMILES string of the molecule is COc1nccc(-c2cc3oc(=O)n(C)c3cc2Nc2cccc3c2C(=O)N(C2CCC(=O)NC2=O)C3=O)c1F. The number of pyridine rings is 1. The number of hydrogen-bond acceptors (Lipinski definition) is 9. The van der Waals surface area contributed by atoms with Crippen molar-refractivity contribution in [2.45, 2.75) is 18.9 Å². The van der Waals surface area contributed by atoms with E-state index < -0.39 is 41.2 Å². The minimum absolute atomic E-state index is 0.0112. The number of aryl methyl sites for hydroxylation is 1. The van der Waals surface area contributed by atoms with E-state index >= 15 is 4.39 Å². The molecule has 1 fully saturated rings. The molecule has 6 rings (SSSR count). The standard InChI is InChI=1S/C27H20FN5O7/c1-32-18-11-16(14(10-19(18)40-27(32)38)12-8-9-29-24(39-2)22(12)28)30-15-5-3-4-13-21(15)26(37)33(25(13)36)17-6-7-20(34)31-23(17)35/h3-5,8-11,17,30H,6-7H2,1-2H3,(H,31,34,35). The number of rotatable bonds is 5. The Hall–Kier alpha value is -5.33. The van der Waals surface area contributed by atoms with Gasteiger partial charge in [0.1, 0.15) is 6.04 Å².